The molecule has 1 aliphatic heterocycles. The van der Waals surface area contributed by atoms with Crippen LogP contribution in [0.2, 0.25) is 0 Å². The number of likely N-dealkylation sites (tertiary alicyclic amines) is 1. The maximum absolute atomic E-state index is 12.2. The Hall–Kier alpha value is -1.89. The van der Waals surface area contributed by atoms with E-state index >= 15 is 0 Å². The van der Waals surface area contributed by atoms with E-state index in [2.05, 4.69) is 23.1 Å². The van der Waals surface area contributed by atoms with E-state index in [0.717, 1.165) is 50.8 Å². The highest BCUT2D eigenvalue weighted by atomic mass is 32.1. The van der Waals surface area contributed by atoms with Crippen molar-refractivity contribution in [1.29, 1.82) is 0 Å². The molecule has 1 saturated heterocycles. The summed E-state index contributed by atoms with van der Waals surface area (Å²) in [5.41, 5.74) is 6.17. The second-order valence-electron chi connectivity index (χ2n) is 9.99. The van der Waals surface area contributed by atoms with Crippen molar-refractivity contribution in [2.75, 3.05) is 19.7 Å². The van der Waals surface area contributed by atoms with Crippen LogP contribution in [0.25, 0.3) is 0 Å². The fraction of sp³-hybridized carbons (Fsp3) is 0.571. The van der Waals surface area contributed by atoms with Crippen LogP contribution in [-0.2, 0) is 28.8 Å². The number of hydrogen-bond acceptors (Lipinski definition) is 4. The minimum absolute atomic E-state index is 0. The van der Waals surface area contributed by atoms with Gasteiger partial charge < -0.3 is 9.84 Å². The predicted octanol–water partition coefficient (Wildman–Crippen LogP) is 5.19. The van der Waals surface area contributed by atoms with Crippen molar-refractivity contribution in [3.05, 3.63) is 64.5 Å². The minimum Gasteiger partial charge on any atom is -0.480 e. The Morgan fingerprint density at radius 1 is 1.09 bits per heavy atom. The van der Waals surface area contributed by atoms with Crippen LogP contribution in [0.5, 0.6) is 0 Å². The third kappa shape index (κ3) is 6.02. The van der Waals surface area contributed by atoms with Gasteiger partial charge in [-0.25, -0.2) is 0 Å². The molecule has 2 atom stereocenters. The molecule has 0 spiro atoms. The van der Waals surface area contributed by atoms with Crippen molar-refractivity contribution in [3.63, 3.8) is 0 Å². The minimum atomic E-state index is -0.749. The number of fused-ring (bicyclic) bond motifs is 1. The van der Waals surface area contributed by atoms with Gasteiger partial charge in [-0.15, -0.1) is 0 Å². The quantitative estimate of drug-likeness (QED) is 0.472. The molecule has 5 rings (SSSR count). The molecule has 34 heavy (non-hydrogen) atoms. The maximum Gasteiger partial charge on any atom is 0.325 e. The highest BCUT2D eigenvalue weighted by Gasteiger charge is 2.37. The summed E-state index contributed by atoms with van der Waals surface area (Å²) in [6, 6.07) is 12.0. The van der Waals surface area contributed by atoms with Crippen molar-refractivity contribution < 1.29 is 14.6 Å². The molecule has 1 saturated carbocycles. The molecule has 1 unspecified atom stereocenters. The number of aromatic nitrogens is 1. The van der Waals surface area contributed by atoms with Crippen LogP contribution in [0.3, 0.4) is 0 Å². The van der Waals surface area contributed by atoms with E-state index in [4.69, 9.17) is 9.72 Å². The largest absolute Gasteiger partial charge is 0.480 e. The van der Waals surface area contributed by atoms with Crippen molar-refractivity contribution in [2.45, 2.75) is 82.3 Å². The molecule has 0 bridgehead atoms. The fourth-order valence-corrected chi connectivity index (χ4v) is 5.56. The zero-order chi connectivity index (χ0) is 22.6. The second kappa shape index (κ2) is 11.7. The average Bonchev–Trinajstić information content (AvgIpc) is 3.58. The molecule has 0 amide bonds. The molecule has 2 fully saturated rings. The Labute approximate surface area is 210 Å². The van der Waals surface area contributed by atoms with Crippen molar-refractivity contribution in [3.8, 4) is 0 Å². The van der Waals surface area contributed by atoms with Crippen molar-refractivity contribution in [2.24, 2.45) is 0 Å². The van der Waals surface area contributed by atoms with E-state index in [9.17, 15) is 9.90 Å². The average molecular weight is 483 g/mol. The summed E-state index contributed by atoms with van der Waals surface area (Å²) >= 11 is 0. The van der Waals surface area contributed by atoms with Gasteiger partial charge in [0.15, 0.2) is 0 Å². The highest BCUT2D eigenvalue weighted by molar-refractivity contribution is 7.59. The van der Waals surface area contributed by atoms with E-state index in [0.29, 0.717) is 12.5 Å². The molecule has 5 nitrogen and oxygen atoms in total. The van der Waals surface area contributed by atoms with Crippen LogP contribution >= 0.6 is 13.5 Å². The number of pyridine rings is 1. The van der Waals surface area contributed by atoms with Gasteiger partial charge >= 0.3 is 5.97 Å². The van der Waals surface area contributed by atoms with E-state index in [-0.39, 0.29) is 19.6 Å². The number of aryl methyl sites for hydroxylation is 3. The third-order valence-electron chi connectivity index (χ3n) is 7.50. The van der Waals surface area contributed by atoms with Gasteiger partial charge in [0.2, 0.25) is 0 Å². The number of carboxylic acid groups (broad SMARTS) is 1. The van der Waals surface area contributed by atoms with Gasteiger partial charge in [-0.2, -0.15) is 13.5 Å². The van der Waals surface area contributed by atoms with Crippen LogP contribution < -0.4 is 0 Å². The second-order valence-corrected chi connectivity index (χ2v) is 9.99. The standard InChI is InChI=1S/C28H36N2O3.H2S/c31-28(32)27(25-10-3-2-9-24(25)20-12-13-20)30-17-16-23(19-30)33-18-6-5-8-22-15-14-21-7-1-4-11-26(21)29-22;/h2-3,9-10,14-15,20,23,27H,1,4-8,11-13,16-19H2,(H,31,32);1H2/t23-,27?;/m0./s1. The summed E-state index contributed by atoms with van der Waals surface area (Å²) in [6.07, 6.45) is 11.4. The number of carboxylic acids is 1. The molecular formula is C28H38N2O3S. The number of unbranched alkanes of at least 4 members (excludes halogenated alkanes) is 1. The van der Waals surface area contributed by atoms with E-state index in [1.807, 2.05) is 18.2 Å². The van der Waals surface area contributed by atoms with Crippen molar-refractivity contribution >= 4 is 19.5 Å². The Balaban J connectivity index is 0.00000274. The zero-order valence-corrected chi connectivity index (χ0v) is 21.0. The van der Waals surface area contributed by atoms with Crippen LogP contribution in [0.1, 0.15) is 85.0 Å². The molecule has 2 aromatic rings. The Morgan fingerprint density at radius 2 is 1.91 bits per heavy atom. The van der Waals surface area contributed by atoms with Gasteiger partial charge in [-0.05, 0) is 92.9 Å². The Morgan fingerprint density at radius 3 is 2.74 bits per heavy atom. The lowest BCUT2D eigenvalue weighted by atomic mass is 9.95. The summed E-state index contributed by atoms with van der Waals surface area (Å²) in [6.45, 7) is 2.21. The lowest BCUT2D eigenvalue weighted by molar-refractivity contribution is -0.143. The lowest BCUT2D eigenvalue weighted by Gasteiger charge is -2.26. The number of nitrogens with zero attached hydrogens (tertiary/aromatic N) is 2. The number of hydrogen-bond donors (Lipinski definition) is 1. The third-order valence-corrected chi connectivity index (χ3v) is 7.50. The van der Waals surface area contributed by atoms with Crippen LogP contribution in [0, 0.1) is 0 Å². The molecule has 1 N–H and O–H groups in total. The molecule has 1 aromatic carbocycles. The monoisotopic (exact) mass is 482 g/mol. The number of ether oxygens (including phenoxy) is 1. The lowest BCUT2D eigenvalue weighted by Crippen LogP contribution is -2.34. The van der Waals surface area contributed by atoms with Gasteiger partial charge in [0, 0.05) is 31.1 Å². The Bertz CT molecular complexity index is 978. The van der Waals surface area contributed by atoms with Gasteiger partial charge in [-0.1, -0.05) is 30.3 Å². The fourth-order valence-electron chi connectivity index (χ4n) is 5.56. The first-order chi connectivity index (χ1) is 16.2. The summed E-state index contributed by atoms with van der Waals surface area (Å²) in [7, 11) is 0. The molecule has 2 heterocycles. The van der Waals surface area contributed by atoms with Crippen LogP contribution in [0.15, 0.2) is 36.4 Å². The number of benzene rings is 1. The SMILES string of the molecule is O=C(O)C(c1ccccc1C1CC1)N1CC[C@H](OCCCCc2ccc3c(n2)CCCC3)C1.S. The molecule has 184 valence electrons. The van der Waals surface area contributed by atoms with Gasteiger partial charge in [0.1, 0.15) is 6.04 Å². The first-order valence-corrected chi connectivity index (χ1v) is 12.8. The molecule has 1 aromatic heterocycles. The van der Waals surface area contributed by atoms with Crippen LogP contribution in [-0.4, -0.2) is 46.8 Å². The summed E-state index contributed by atoms with van der Waals surface area (Å²) < 4.78 is 6.16. The van der Waals surface area contributed by atoms with Gasteiger partial charge in [0.05, 0.1) is 6.10 Å². The highest BCUT2D eigenvalue weighted by Crippen LogP contribution is 2.44. The Kier molecular flexibility index (Phi) is 8.67. The normalized spacial score (nSPS) is 21.0. The molecule has 0 radical (unpaired) electrons. The molecule has 2 aliphatic carbocycles. The first kappa shape index (κ1) is 25.2. The number of aliphatic carboxylic acids is 1. The van der Waals surface area contributed by atoms with E-state index in [1.54, 1.807) is 0 Å². The molecule has 6 heteroatoms. The predicted molar refractivity (Wildman–Crippen MR) is 139 cm³/mol. The summed E-state index contributed by atoms with van der Waals surface area (Å²) in [5, 5.41) is 10.0. The zero-order valence-electron chi connectivity index (χ0n) is 20.0. The van der Waals surface area contributed by atoms with Gasteiger partial charge in [-0.3, -0.25) is 14.7 Å². The topological polar surface area (TPSA) is 62.7 Å². The van der Waals surface area contributed by atoms with Crippen molar-refractivity contribution in [1.82, 2.24) is 9.88 Å². The maximum atomic E-state index is 12.2. The first-order valence-electron chi connectivity index (χ1n) is 12.8. The number of carbonyl (C=O) groups is 1. The molecular weight excluding hydrogens is 444 g/mol. The smallest absolute Gasteiger partial charge is 0.325 e. The van der Waals surface area contributed by atoms with Gasteiger partial charge in [0.25, 0.3) is 0 Å². The molecule has 3 aliphatic rings. The van der Waals surface area contributed by atoms with Crippen LogP contribution in [0.4, 0.5) is 0 Å². The summed E-state index contributed by atoms with van der Waals surface area (Å²) in [5.74, 6) is -0.205. The summed E-state index contributed by atoms with van der Waals surface area (Å²) in [4.78, 5) is 19.2. The van der Waals surface area contributed by atoms with E-state index < -0.39 is 12.0 Å². The number of rotatable bonds is 10. The van der Waals surface area contributed by atoms with E-state index in [1.165, 1.54) is 54.6 Å².